The summed E-state index contributed by atoms with van der Waals surface area (Å²) in [6.07, 6.45) is 0. The van der Waals surface area contributed by atoms with Crippen LogP contribution in [0.4, 0.5) is 32.3 Å². The van der Waals surface area contributed by atoms with Crippen LogP contribution in [0.15, 0.2) is 84.9 Å². The zero-order valence-electron chi connectivity index (χ0n) is 17.9. The van der Waals surface area contributed by atoms with Gasteiger partial charge >= 0.3 is 12.1 Å². The molecule has 0 aliphatic heterocycles. The number of aryl methyl sites for hydroxylation is 2. The molecule has 4 amide bonds. The van der Waals surface area contributed by atoms with Crippen molar-refractivity contribution >= 4 is 45.6 Å². The van der Waals surface area contributed by atoms with E-state index < -0.39 is 0 Å². The minimum Gasteiger partial charge on any atom is -0.308 e. The number of urea groups is 2. The number of carbonyl (C=O) groups excluding carboxylic acids is 2. The highest BCUT2D eigenvalue weighted by Crippen LogP contribution is 2.31. The molecule has 160 valence electrons. The normalized spacial score (nSPS) is 10.4. The number of hydrogen-bond donors (Lipinski definition) is 4. The van der Waals surface area contributed by atoms with E-state index >= 15 is 0 Å². The van der Waals surface area contributed by atoms with Gasteiger partial charge in [-0.15, -0.1) is 0 Å². The van der Waals surface area contributed by atoms with E-state index in [0.29, 0.717) is 22.7 Å². The van der Waals surface area contributed by atoms with E-state index in [1.54, 1.807) is 12.1 Å². The highest BCUT2D eigenvalue weighted by Gasteiger charge is 2.12. The average Bonchev–Trinajstić information content (AvgIpc) is 2.77. The summed E-state index contributed by atoms with van der Waals surface area (Å²) >= 11 is 0. The maximum Gasteiger partial charge on any atom is 0.323 e. The van der Waals surface area contributed by atoms with Gasteiger partial charge in [-0.05, 0) is 55.6 Å². The standard InChI is InChI=1S/C26H24N4O2/c1-17-9-13-20(14-10-17)27-25(31)29-22-7-3-5-19-6-4-8-23(24(19)22)30-26(32)28-21-15-11-18(2)12-16-21/h3-16H,1-2H3,(H2,27,29,31)(H2,28,30,32). The third kappa shape index (κ3) is 5.05. The highest BCUT2D eigenvalue weighted by molar-refractivity contribution is 6.13. The van der Waals surface area contributed by atoms with Crippen molar-refractivity contribution in [1.82, 2.24) is 0 Å². The van der Waals surface area contributed by atoms with Crippen LogP contribution in [-0.2, 0) is 0 Å². The Morgan fingerprint density at radius 1 is 0.531 bits per heavy atom. The molecule has 0 saturated heterocycles. The second-order valence-electron chi connectivity index (χ2n) is 7.60. The fourth-order valence-electron chi connectivity index (χ4n) is 3.39. The molecule has 0 unspecified atom stereocenters. The highest BCUT2D eigenvalue weighted by atomic mass is 16.2. The molecule has 0 aliphatic carbocycles. The lowest BCUT2D eigenvalue weighted by Gasteiger charge is -2.15. The predicted molar refractivity (Wildman–Crippen MR) is 132 cm³/mol. The van der Waals surface area contributed by atoms with Gasteiger partial charge in [0.15, 0.2) is 0 Å². The van der Waals surface area contributed by atoms with Gasteiger partial charge in [-0.1, -0.05) is 59.7 Å². The molecule has 6 heteroatoms. The third-order valence-corrected chi connectivity index (χ3v) is 5.02. The Morgan fingerprint density at radius 3 is 1.34 bits per heavy atom. The Balaban J connectivity index is 1.54. The fourth-order valence-corrected chi connectivity index (χ4v) is 3.39. The van der Waals surface area contributed by atoms with Crippen LogP contribution in [0.3, 0.4) is 0 Å². The number of nitrogens with one attached hydrogen (secondary N) is 4. The van der Waals surface area contributed by atoms with Crippen molar-refractivity contribution in [3.05, 3.63) is 96.1 Å². The van der Waals surface area contributed by atoms with Crippen molar-refractivity contribution < 1.29 is 9.59 Å². The molecule has 4 aromatic rings. The third-order valence-electron chi connectivity index (χ3n) is 5.02. The van der Waals surface area contributed by atoms with Gasteiger partial charge in [-0.25, -0.2) is 9.59 Å². The molecule has 0 spiro atoms. The smallest absolute Gasteiger partial charge is 0.308 e. The lowest BCUT2D eigenvalue weighted by atomic mass is 10.1. The van der Waals surface area contributed by atoms with Crippen molar-refractivity contribution in [2.75, 3.05) is 21.3 Å². The van der Waals surface area contributed by atoms with E-state index in [1.807, 2.05) is 86.6 Å². The van der Waals surface area contributed by atoms with E-state index in [1.165, 1.54) is 0 Å². The van der Waals surface area contributed by atoms with Gasteiger partial charge in [-0.3, -0.25) is 0 Å². The van der Waals surface area contributed by atoms with Crippen LogP contribution in [0.1, 0.15) is 11.1 Å². The van der Waals surface area contributed by atoms with Gasteiger partial charge in [0.25, 0.3) is 0 Å². The second-order valence-corrected chi connectivity index (χ2v) is 7.60. The molecule has 0 heterocycles. The number of rotatable bonds is 4. The molecule has 4 rings (SSSR count). The first kappa shape index (κ1) is 20.9. The van der Waals surface area contributed by atoms with Gasteiger partial charge in [0.05, 0.1) is 11.4 Å². The van der Waals surface area contributed by atoms with E-state index in [2.05, 4.69) is 21.3 Å². The minimum absolute atomic E-state index is 0.361. The first-order valence-corrected chi connectivity index (χ1v) is 10.3. The number of carbonyl (C=O) groups is 2. The molecule has 0 saturated carbocycles. The van der Waals surface area contributed by atoms with E-state index in [0.717, 1.165) is 21.9 Å². The summed E-state index contributed by atoms with van der Waals surface area (Å²) in [7, 11) is 0. The summed E-state index contributed by atoms with van der Waals surface area (Å²) in [5.74, 6) is 0. The molecule has 4 N–H and O–H groups in total. The van der Waals surface area contributed by atoms with Crippen molar-refractivity contribution in [1.29, 1.82) is 0 Å². The maximum absolute atomic E-state index is 12.6. The summed E-state index contributed by atoms with van der Waals surface area (Å²) < 4.78 is 0. The van der Waals surface area contributed by atoms with E-state index in [4.69, 9.17) is 0 Å². The zero-order chi connectivity index (χ0) is 22.5. The first-order chi connectivity index (χ1) is 15.5. The number of anilines is 4. The van der Waals surface area contributed by atoms with E-state index in [9.17, 15) is 9.59 Å². The molecule has 6 nitrogen and oxygen atoms in total. The molecule has 32 heavy (non-hydrogen) atoms. The lowest BCUT2D eigenvalue weighted by Crippen LogP contribution is -2.21. The Kier molecular flexibility index (Phi) is 6.03. The summed E-state index contributed by atoms with van der Waals surface area (Å²) in [6.45, 7) is 3.98. The molecule has 4 aromatic carbocycles. The lowest BCUT2D eigenvalue weighted by molar-refractivity contribution is 0.261. The Morgan fingerprint density at radius 2 is 0.938 bits per heavy atom. The van der Waals surface area contributed by atoms with Crippen molar-refractivity contribution in [2.45, 2.75) is 13.8 Å². The molecule has 0 radical (unpaired) electrons. The summed E-state index contributed by atoms with van der Waals surface area (Å²) in [5, 5.41) is 13.1. The molecule has 0 aromatic heterocycles. The Labute approximate surface area is 186 Å². The Bertz CT molecular complexity index is 1170. The SMILES string of the molecule is Cc1ccc(NC(=O)Nc2cccc3cccc(NC(=O)Nc4ccc(C)cc4)c23)cc1. The van der Waals surface area contributed by atoms with E-state index in [-0.39, 0.29) is 12.1 Å². The summed E-state index contributed by atoms with van der Waals surface area (Å²) in [4.78, 5) is 25.2. The average molecular weight is 425 g/mol. The Hall–Kier alpha value is -4.32. The van der Waals surface area contributed by atoms with Gasteiger partial charge in [0, 0.05) is 16.8 Å². The topological polar surface area (TPSA) is 82.3 Å². The molecule has 0 bridgehead atoms. The maximum atomic E-state index is 12.6. The molecule has 0 atom stereocenters. The monoisotopic (exact) mass is 424 g/mol. The fraction of sp³-hybridized carbons (Fsp3) is 0.0769. The first-order valence-electron chi connectivity index (χ1n) is 10.3. The van der Waals surface area contributed by atoms with Crippen LogP contribution in [0.25, 0.3) is 10.8 Å². The summed E-state index contributed by atoms with van der Waals surface area (Å²) in [6, 6.07) is 25.6. The van der Waals surface area contributed by atoms with Gasteiger partial charge in [0.1, 0.15) is 0 Å². The van der Waals surface area contributed by atoms with Crippen LogP contribution in [0.2, 0.25) is 0 Å². The minimum atomic E-state index is -0.361. The van der Waals surface area contributed by atoms with Crippen LogP contribution in [0, 0.1) is 13.8 Å². The van der Waals surface area contributed by atoms with Crippen LogP contribution < -0.4 is 21.3 Å². The summed E-state index contributed by atoms with van der Waals surface area (Å²) in [5.41, 5.74) is 4.82. The van der Waals surface area contributed by atoms with Crippen LogP contribution >= 0.6 is 0 Å². The van der Waals surface area contributed by atoms with Crippen LogP contribution in [-0.4, -0.2) is 12.1 Å². The number of benzene rings is 4. The number of fused-ring (bicyclic) bond motifs is 1. The largest absolute Gasteiger partial charge is 0.323 e. The molecule has 0 fully saturated rings. The molecule has 0 aliphatic rings. The van der Waals surface area contributed by atoms with Gasteiger partial charge in [-0.2, -0.15) is 0 Å². The molecular formula is C26H24N4O2. The van der Waals surface area contributed by atoms with Crippen molar-refractivity contribution in [2.24, 2.45) is 0 Å². The van der Waals surface area contributed by atoms with Crippen molar-refractivity contribution in [3.63, 3.8) is 0 Å². The van der Waals surface area contributed by atoms with Crippen molar-refractivity contribution in [3.8, 4) is 0 Å². The zero-order valence-corrected chi connectivity index (χ0v) is 17.9. The van der Waals surface area contributed by atoms with Gasteiger partial charge in [0.2, 0.25) is 0 Å². The van der Waals surface area contributed by atoms with Gasteiger partial charge < -0.3 is 21.3 Å². The predicted octanol–water partition coefficient (Wildman–Crippen LogP) is 6.74. The van der Waals surface area contributed by atoms with Crippen LogP contribution in [0.5, 0.6) is 0 Å². The number of hydrogen-bond acceptors (Lipinski definition) is 2. The quantitative estimate of drug-likeness (QED) is 0.292. The molecular weight excluding hydrogens is 400 g/mol. The second kappa shape index (κ2) is 9.22. The number of amides is 4.